The third-order valence-corrected chi connectivity index (χ3v) is 2.67. The predicted molar refractivity (Wildman–Crippen MR) is 65.4 cm³/mol. The molecule has 6 heteroatoms. The Kier molecular flexibility index (Phi) is 5.02. The lowest BCUT2D eigenvalue weighted by Gasteiger charge is -2.25. The van der Waals surface area contributed by atoms with Crippen molar-refractivity contribution in [1.82, 2.24) is 0 Å². The van der Waals surface area contributed by atoms with Crippen LogP contribution in [0.2, 0.25) is 5.02 Å². The molecule has 0 atom stereocenters. The van der Waals surface area contributed by atoms with Gasteiger partial charge in [-0.25, -0.2) is 0 Å². The van der Waals surface area contributed by atoms with Gasteiger partial charge in [0.1, 0.15) is 6.54 Å². The molecule has 0 bridgehead atoms. The Labute approximate surface area is 108 Å². The van der Waals surface area contributed by atoms with Crippen molar-refractivity contribution in [3.8, 4) is 0 Å². The van der Waals surface area contributed by atoms with Gasteiger partial charge >= 0.3 is 6.18 Å². The van der Waals surface area contributed by atoms with Crippen molar-refractivity contribution in [3.63, 3.8) is 0 Å². The Balaban J connectivity index is 2.98. The number of anilines is 1. The van der Waals surface area contributed by atoms with Gasteiger partial charge in [0.05, 0.1) is 5.02 Å². The Bertz CT molecular complexity index is 420. The minimum atomic E-state index is -4.27. The van der Waals surface area contributed by atoms with Crippen LogP contribution >= 0.6 is 11.6 Å². The highest BCUT2D eigenvalue weighted by molar-refractivity contribution is 6.33. The highest BCUT2D eigenvalue weighted by Gasteiger charge is 2.30. The van der Waals surface area contributed by atoms with Gasteiger partial charge in [-0.3, -0.25) is 4.79 Å². The second-order valence-corrected chi connectivity index (χ2v) is 4.27. The van der Waals surface area contributed by atoms with E-state index < -0.39 is 12.7 Å². The lowest BCUT2D eigenvalue weighted by atomic mass is 10.2. The molecule has 0 saturated carbocycles. The summed E-state index contributed by atoms with van der Waals surface area (Å²) < 4.78 is 37.3. The van der Waals surface area contributed by atoms with Crippen LogP contribution in [0.3, 0.4) is 0 Å². The van der Waals surface area contributed by atoms with Crippen LogP contribution in [0.15, 0.2) is 18.2 Å². The van der Waals surface area contributed by atoms with Crippen molar-refractivity contribution in [2.24, 2.45) is 0 Å². The molecule has 0 saturated heterocycles. The fraction of sp³-hybridized carbons (Fsp3) is 0.417. The molecule has 1 aromatic carbocycles. The second-order valence-electron chi connectivity index (χ2n) is 3.86. The largest absolute Gasteiger partial charge is 0.405 e. The number of nitrogens with zero attached hydrogens (tertiary/aromatic N) is 1. The monoisotopic (exact) mass is 279 g/mol. The van der Waals surface area contributed by atoms with E-state index in [1.807, 2.05) is 0 Å². The molecule has 100 valence electrons. The maximum absolute atomic E-state index is 12.4. The van der Waals surface area contributed by atoms with Crippen molar-refractivity contribution in [3.05, 3.63) is 28.8 Å². The third-order valence-electron chi connectivity index (χ3n) is 2.34. The summed E-state index contributed by atoms with van der Waals surface area (Å²) in [6, 6.07) is 4.27. The lowest BCUT2D eigenvalue weighted by Crippen LogP contribution is -2.34. The van der Waals surface area contributed by atoms with Gasteiger partial charge in [-0.05, 0) is 24.6 Å². The van der Waals surface area contributed by atoms with Gasteiger partial charge in [0.25, 0.3) is 0 Å². The normalized spacial score (nSPS) is 11.4. The molecule has 1 rings (SSSR count). The highest BCUT2D eigenvalue weighted by atomic mass is 35.5. The minimum Gasteiger partial charge on any atom is -0.363 e. The molecule has 1 aromatic rings. The van der Waals surface area contributed by atoms with Crippen LogP contribution in [0.5, 0.6) is 0 Å². The quantitative estimate of drug-likeness (QED) is 0.761. The van der Waals surface area contributed by atoms with Crippen molar-refractivity contribution in [2.75, 3.05) is 18.0 Å². The average Bonchev–Trinajstić information content (AvgIpc) is 2.26. The Morgan fingerprint density at radius 1 is 1.39 bits per heavy atom. The summed E-state index contributed by atoms with van der Waals surface area (Å²) in [6.07, 6.45) is -3.12. The number of aldehydes is 1. The van der Waals surface area contributed by atoms with E-state index in [2.05, 4.69) is 0 Å². The number of carbonyl (C=O) groups is 1. The molecule has 0 N–H and O–H groups in total. The van der Waals surface area contributed by atoms with Crippen molar-refractivity contribution in [2.45, 2.75) is 19.5 Å². The van der Waals surface area contributed by atoms with Gasteiger partial charge in [-0.15, -0.1) is 0 Å². The van der Waals surface area contributed by atoms with Gasteiger partial charge < -0.3 is 4.90 Å². The molecule has 0 aromatic heterocycles. The summed E-state index contributed by atoms with van der Waals surface area (Å²) in [5.41, 5.74) is 0.633. The van der Waals surface area contributed by atoms with E-state index in [-0.39, 0.29) is 17.1 Å². The van der Waals surface area contributed by atoms with Crippen LogP contribution in [0.1, 0.15) is 23.7 Å². The Morgan fingerprint density at radius 3 is 2.50 bits per heavy atom. The van der Waals surface area contributed by atoms with Crippen LogP contribution < -0.4 is 4.90 Å². The number of halogens is 4. The van der Waals surface area contributed by atoms with Gasteiger partial charge in [0, 0.05) is 17.8 Å². The molecule has 18 heavy (non-hydrogen) atoms. The van der Waals surface area contributed by atoms with E-state index in [1.165, 1.54) is 23.1 Å². The lowest BCUT2D eigenvalue weighted by molar-refractivity contribution is -0.119. The maximum atomic E-state index is 12.4. The fourth-order valence-corrected chi connectivity index (χ4v) is 1.81. The third kappa shape index (κ3) is 4.22. The molecule has 0 amide bonds. The van der Waals surface area contributed by atoms with Crippen LogP contribution in [0.4, 0.5) is 18.9 Å². The van der Waals surface area contributed by atoms with E-state index >= 15 is 0 Å². The number of hydrogen-bond donors (Lipinski definition) is 0. The molecule has 0 spiro atoms. The Morgan fingerprint density at radius 2 is 2.06 bits per heavy atom. The molecule has 0 heterocycles. The topological polar surface area (TPSA) is 20.3 Å². The first-order valence-electron chi connectivity index (χ1n) is 5.44. The first kappa shape index (κ1) is 14.8. The van der Waals surface area contributed by atoms with Crippen LogP contribution in [0, 0.1) is 0 Å². The number of carbonyl (C=O) groups excluding carboxylic acids is 1. The van der Waals surface area contributed by atoms with Gasteiger partial charge in [-0.2, -0.15) is 13.2 Å². The maximum Gasteiger partial charge on any atom is 0.405 e. The molecule has 0 aliphatic carbocycles. The number of rotatable bonds is 5. The van der Waals surface area contributed by atoms with Crippen molar-refractivity contribution < 1.29 is 18.0 Å². The van der Waals surface area contributed by atoms with Crippen LogP contribution in [-0.4, -0.2) is 25.6 Å². The van der Waals surface area contributed by atoms with E-state index in [0.29, 0.717) is 18.4 Å². The summed E-state index contributed by atoms with van der Waals surface area (Å²) in [5.74, 6) is 0. The van der Waals surface area contributed by atoms with E-state index in [9.17, 15) is 18.0 Å². The molecule has 0 aliphatic rings. The SMILES string of the molecule is CCCN(CC(F)(F)F)c1ccc(C=O)c(Cl)c1. The number of benzene rings is 1. The minimum absolute atomic E-state index is 0.158. The van der Waals surface area contributed by atoms with E-state index in [1.54, 1.807) is 6.92 Å². The summed E-state index contributed by atoms with van der Waals surface area (Å²) in [4.78, 5) is 11.8. The van der Waals surface area contributed by atoms with Crippen LogP contribution in [-0.2, 0) is 0 Å². The smallest absolute Gasteiger partial charge is 0.363 e. The summed E-state index contributed by atoms with van der Waals surface area (Å²) in [7, 11) is 0. The molecule has 0 radical (unpaired) electrons. The van der Waals surface area contributed by atoms with Crippen molar-refractivity contribution >= 4 is 23.6 Å². The fourth-order valence-electron chi connectivity index (χ4n) is 1.59. The Hall–Kier alpha value is -1.23. The van der Waals surface area contributed by atoms with Gasteiger partial charge in [0.15, 0.2) is 6.29 Å². The average molecular weight is 280 g/mol. The number of alkyl halides is 3. The first-order valence-corrected chi connectivity index (χ1v) is 5.81. The zero-order chi connectivity index (χ0) is 13.8. The van der Waals surface area contributed by atoms with E-state index in [4.69, 9.17) is 11.6 Å². The van der Waals surface area contributed by atoms with Gasteiger partial charge in [0.2, 0.25) is 0 Å². The predicted octanol–water partition coefficient (Wildman–Crippen LogP) is 3.93. The van der Waals surface area contributed by atoms with Gasteiger partial charge in [-0.1, -0.05) is 18.5 Å². The van der Waals surface area contributed by atoms with Crippen LogP contribution in [0.25, 0.3) is 0 Å². The molecular formula is C12H13ClF3NO. The molecule has 0 unspecified atom stereocenters. The standard InChI is InChI=1S/C12H13ClF3NO/c1-2-5-17(8-12(14,15)16)10-4-3-9(7-18)11(13)6-10/h3-4,6-7H,2,5,8H2,1H3. The first-order chi connectivity index (χ1) is 8.37. The van der Waals surface area contributed by atoms with Crippen molar-refractivity contribution in [1.29, 1.82) is 0 Å². The molecule has 0 aliphatic heterocycles. The second kappa shape index (κ2) is 6.09. The summed E-state index contributed by atoms with van der Waals surface area (Å²) >= 11 is 5.81. The van der Waals surface area contributed by atoms with E-state index in [0.717, 1.165) is 0 Å². The number of hydrogen-bond acceptors (Lipinski definition) is 2. The summed E-state index contributed by atoms with van der Waals surface area (Å²) in [6.45, 7) is 1.04. The zero-order valence-electron chi connectivity index (χ0n) is 9.80. The zero-order valence-corrected chi connectivity index (χ0v) is 10.6. The molecule has 2 nitrogen and oxygen atoms in total. The molecular weight excluding hydrogens is 267 g/mol. The highest BCUT2D eigenvalue weighted by Crippen LogP contribution is 2.26. The molecule has 0 fully saturated rings. The summed E-state index contributed by atoms with van der Waals surface area (Å²) in [5, 5.41) is 0.158.